The summed E-state index contributed by atoms with van der Waals surface area (Å²) in [7, 11) is 0. The Bertz CT molecular complexity index is 1830. The average molecular weight is 448 g/mol. The molecule has 0 fully saturated rings. The first-order chi connectivity index (χ1) is 17.3. The van der Waals surface area contributed by atoms with Crippen molar-refractivity contribution in [2.75, 3.05) is 0 Å². The number of furan rings is 1. The minimum atomic E-state index is 0.925. The Morgan fingerprint density at radius 2 is 1.03 bits per heavy atom. The van der Waals surface area contributed by atoms with E-state index in [1.54, 1.807) is 0 Å². The number of nitrogens with zero attached hydrogens (tertiary/aromatic N) is 1. The summed E-state index contributed by atoms with van der Waals surface area (Å²) in [5.41, 5.74) is 8.79. The number of aromatic nitrogens is 1. The van der Waals surface area contributed by atoms with Gasteiger partial charge in [-0.1, -0.05) is 78.9 Å². The SMILES string of the molecule is c1ccc(-c2ccc(-c3ccc4cc(-c5ccc6oc7ccccc7c6c5)ccc4c3)cc2)nc1. The van der Waals surface area contributed by atoms with E-state index in [4.69, 9.17) is 4.42 Å². The van der Waals surface area contributed by atoms with E-state index in [2.05, 4.69) is 96.0 Å². The van der Waals surface area contributed by atoms with Gasteiger partial charge in [0, 0.05) is 22.5 Å². The Hall–Kier alpha value is -4.69. The van der Waals surface area contributed by atoms with E-state index >= 15 is 0 Å². The predicted octanol–water partition coefficient (Wildman–Crippen LogP) is 9.14. The summed E-state index contributed by atoms with van der Waals surface area (Å²) in [6.45, 7) is 0. The minimum Gasteiger partial charge on any atom is -0.456 e. The molecule has 2 heterocycles. The molecule has 0 saturated heterocycles. The fraction of sp³-hybridized carbons (Fsp3) is 0. The molecule has 0 bridgehead atoms. The van der Waals surface area contributed by atoms with Gasteiger partial charge in [-0.05, 0) is 75.5 Å². The highest BCUT2D eigenvalue weighted by molar-refractivity contribution is 6.06. The summed E-state index contributed by atoms with van der Waals surface area (Å²) in [6.07, 6.45) is 1.83. The summed E-state index contributed by atoms with van der Waals surface area (Å²) in [6, 6.07) is 42.7. The minimum absolute atomic E-state index is 0.925. The van der Waals surface area contributed by atoms with Crippen molar-refractivity contribution in [1.82, 2.24) is 4.98 Å². The second-order valence-electron chi connectivity index (χ2n) is 8.88. The molecule has 2 heteroatoms. The molecule has 2 aromatic heterocycles. The van der Waals surface area contributed by atoms with E-state index < -0.39 is 0 Å². The topological polar surface area (TPSA) is 26.0 Å². The molecule has 0 aliphatic rings. The van der Waals surface area contributed by atoms with Crippen molar-refractivity contribution in [3.8, 4) is 33.5 Å². The van der Waals surface area contributed by atoms with Gasteiger partial charge in [-0.2, -0.15) is 0 Å². The molecule has 0 unspecified atom stereocenters. The third-order valence-corrected chi connectivity index (χ3v) is 6.73. The van der Waals surface area contributed by atoms with Crippen LogP contribution < -0.4 is 0 Å². The van der Waals surface area contributed by atoms with Gasteiger partial charge >= 0.3 is 0 Å². The molecule has 35 heavy (non-hydrogen) atoms. The zero-order chi connectivity index (χ0) is 23.2. The fourth-order valence-electron chi connectivity index (χ4n) is 4.88. The highest BCUT2D eigenvalue weighted by Gasteiger charge is 2.09. The molecular weight excluding hydrogens is 426 g/mol. The van der Waals surface area contributed by atoms with E-state index in [1.165, 1.54) is 33.0 Å². The maximum atomic E-state index is 6.00. The van der Waals surface area contributed by atoms with Gasteiger partial charge in [-0.15, -0.1) is 0 Å². The van der Waals surface area contributed by atoms with Crippen molar-refractivity contribution in [3.63, 3.8) is 0 Å². The van der Waals surface area contributed by atoms with Gasteiger partial charge in [0.15, 0.2) is 0 Å². The van der Waals surface area contributed by atoms with Crippen LogP contribution in [0.2, 0.25) is 0 Å². The van der Waals surface area contributed by atoms with Gasteiger partial charge in [0.1, 0.15) is 11.2 Å². The van der Waals surface area contributed by atoms with Crippen LogP contribution in [0.5, 0.6) is 0 Å². The van der Waals surface area contributed by atoms with Crippen LogP contribution in [-0.4, -0.2) is 4.98 Å². The molecular formula is C33H21NO. The molecule has 7 aromatic rings. The lowest BCUT2D eigenvalue weighted by atomic mass is 9.96. The maximum Gasteiger partial charge on any atom is 0.135 e. The van der Waals surface area contributed by atoms with E-state index in [-0.39, 0.29) is 0 Å². The molecule has 0 spiro atoms. The monoisotopic (exact) mass is 447 g/mol. The molecule has 2 nitrogen and oxygen atoms in total. The lowest BCUT2D eigenvalue weighted by molar-refractivity contribution is 0.669. The van der Waals surface area contributed by atoms with Crippen molar-refractivity contribution in [3.05, 3.63) is 128 Å². The highest BCUT2D eigenvalue weighted by Crippen LogP contribution is 2.34. The Kier molecular flexibility index (Phi) is 4.49. The Morgan fingerprint density at radius 1 is 0.429 bits per heavy atom. The molecule has 0 radical (unpaired) electrons. The van der Waals surface area contributed by atoms with Crippen LogP contribution in [0, 0.1) is 0 Å². The smallest absolute Gasteiger partial charge is 0.135 e. The molecule has 0 saturated carbocycles. The van der Waals surface area contributed by atoms with Gasteiger partial charge in [0.2, 0.25) is 0 Å². The van der Waals surface area contributed by atoms with Crippen LogP contribution >= 0.6 is 0 Å². The normalized spacial score (nSPS) is 11.4. The third-order valence-electron chi connectivity index (χ3n) is 6.73. The van der Waals surface area contributed by atoms with Crippen LogP contribution in [0.4, 0.5) is 0 Å². The molecule has 0 N–H and O–H groups in total. The summed E-state index contributed by atoms with van der Waals surface area (Å²) < 4.78 is 6.00. The molecule has 0 aliphatic carbocycles. The maximum absolute atomic E-state index is 6.00. The van der Waals surface area contributed by atoms with E-state index in [0.29, 0.717) is 0 Å². The zero-order valence-electron chi connectivity index (χ0n) is 19.0. The van der Waals surface area contributed by atoms with Crippen molar-refractivity contribution >= 4 is 32.7 Å². The molecule has 0 aliphatic heterocycles. The number of pyridine rings is 1. The summed E-state index contributed by atoms with van der Waals surface area (Å²) in [5.74, 6) is 0. The van der Waals surface area contributed by atoms with Crippen LogP contribution in [0.15, 0.2) is 132 Å². The number of hydrogen-bond donors (Lipinski definition) is 0. The van der Waals surface area contributed by atoms with Gasteiger partial charge in [-0.25, -0.2) is 0 Å². The van der Waals surface area contributed by atoms with E-state index in [0.717, 1.165) is 33.2 Å². The molecule has 164 valence electrons. The van der Waals surface area contributed by atoms with Crippen LogP contribution in [-0.2, 0) is 0 Å². The Balaban J connectivity index is 1.23. The lowest BCUT2D eigenvalue weighted by Crippen LogP contribution is -1.84. The van der Waals surface area contributed by atoms with Gasteiger partial charge < -0.3 is 4.42 Å². The second kappa shape index (κ2) is 7.96. The summed E-state index contributed by atoms with van der Waals surface area (Å²) >= 11 is 0. The van der Waals surface area contributed by atoms with Crippen LogP contribution in [0.3, 0.4) is 0 Å². The van der Waals surface area contributed by atoms with Crippen molar-refractivity contribution in [2.45, 2.75) is 0 Å². The first-order valence-corrected chi connectivity index (χ1v) is 11.8. The number of hydrogen-bond acceptors (Lipinski definition) is 2. The largest absolute Gasteiger partial charge is 0.456 e. The van der Waals surface area contributed by atoms with E-state index in [1.807, 2.05) is 36.5 Å². The zero-order valence-corrected chi connectivity index (χ0v) is 19.0. The summed E-state index contributed by atoms with van der Waals surface area (Å²) in [5, 5.41) is 4.77. The third kappa shape index (κ3) is 3.48. The average Bonchev–Trinajstić information content (AvgIpc) is 3.31. The first-order valence-electron chi connectivity index (χ1n) is 11.8. The summed E-state index contributed by atoms with van der Waals surface area (Å²) in [4.78, 5) is 4.45. The Morgan fingerprint density at radius 3 is 1.80 bits per heavy atom. The molecule has 5 aromatic carbocycles. The van der Waals surface area contributed by atoms with Gasteiger partial charge in [0.25, 0.3) is 0 Å². The Labute approximate surface area is 203 Å². The second-order valence-corrected chi connectivity index (χ2v) is 8.88. The quantitative estimate of drug-likeness (QED) is 0.270. The molecule has 7 rings (SSSR count). The van der Waals surface area contributed by atoms with Crippen molar-refractivity contribution in [2.24, 2.45) is 0 Å². The standard InChI is InChI=1S/C33H21NO/c1-2-7-32-29(5-1)30-21-28(16-17-33(30)35-32)27-15-14-25-19-24(12-13-26(25)20-27)22-8-10-23(11-9-22)31-6-3-4-18-34-31/h1-21H. The number of fused-ring (bicyclic) bond motifs is 4. The number of para-hydroxylation sites is 1. The number of rotatable bonds is 3. The van der Waals surface area contributed by atoms with Gasteiger partial charge in [-0.3, -0.25) is 4.98 Å². The first kappa shape index (κ1) is 19.7. The highest BCUT2D eigenvalue weighted by atomic mass is 16.3. The van der Waals surface area contributed by atoms with Gasteiger partial charge in [0.05, 0.1) is 5.69 Å². The van der Waals surface area contributed by atoms with Crippen molar-refractivity contribution < 1.29 is 4.42 Å². The fourth-order valence-corrected chi connectivity index (χ4v) is 4.88. The van der Waals surface area contributed by atoms with Crippen LogP contribution in [0.25, 0.3) is 66.2 Å². The predicted molar refractivity (Wildman–Crippen MR) is 145 cm³/mol. The molecule has 0 amide bonds. The van der Waals surface area contributed by atoms with Crippen LogP contribution in [0.1, 0.15) is 0 Å². The van der Waals surface area contributed by atoms with E-state index in [9.17, 15) is 0 Å². The number of benzene rings is 5. The molecule has 0 atom stereocenters. The lowest BCUT2D eigenvalue weighted by Gasteiger charge is -2.08. The van der Waals surface area contributed by atoms with Crippen molar-refractivity contribution in [1.29, 1.82) is 0 Å².